The van der Waals surface area contributed by atoms with Crippen molar-refractivity contribution in [1.82, 2.24) is 10.2 Å². The number of nitrogens with one attached hydrogen (secondary N) is 2. The summed E-state index contributed by atoms with van der Waals surface area (Å²) in [7, 11) is 1.61. The van der Waals surface area contributed by atoms with Gasteiger partial charge in [0.1, 0.15) is 5.57 Å². The van der Waals surface area contributed by atoms with Gasteiger partial charge in [-0.2, -0.15) is 0 Å². The molecule has 2 heterocycles. The molecule has 1 amide bonds. The average Bonchev–Trinajstić information content (AvgIpc) is 3.01. The van der Waals surface area contributed by atoms with Crippen LogP contribution in [0.5, 0.6) is 0 Å². The average molecular weight is 345 g/mol. The molecule has 0 saturated heterocycles. The van der Waals surface area contributed by atoms with Crippen molar-refractivity contribution >= 4 is 29.0 Å². The Morgan fingerprint density at radius 2 is 1.58 bits per heavy atom. The van der Waals surface area contributed by atoms with Crippen LogP contribution in [0.4, 0.5) is 5.69 Å². The summed E-state index contributed by atoms with van der Waals surface area (Å²) in [6.07, 6.45) is 1.65. The van der Waals surface area contributed by atoms with Gasteiger partial charge in [0, 0.05) is 12.6 Å². The van der Waals surface area contributed by atoms with E-state index >= 15 is 0 Å². The SMILES string of the molecule is CN1C(=O)/C(=c2\[nH][nH]c(=O)\c2=C/c2ccccc2)C(=O)c2ccccc21. The first kappa shape index (κ1) is 15.8. The van der Waals surface area contributed by atoms with Crippen molar-refractivity contribution in [3.8, 4) is 0 Å². The summed E-state index contributed by atoms with van der Waals surface area (Å²) in [5, 5.41) is 5.64. The molecule has 0 bridgehead atoms. The van der Waals surface area contributed by atoms with Crippen LogP contribution in [0.3, 0.4) is 0 Å². The maximum atomic E-state index is 13.0. The number of aromatic nitrogens is 2. The summed E-state index contributed by atoms with van der Waals surface area (Å²) < 4.78 is 0. The zero-order valence-corrected chi connectivity index (χ0v) is 13.9. The third-order valence-corrected chi connectivity index (χ3v) is 4.43. The number of Topliss-reactive ketones (excluding diaryl/α,β-unsaturated/α-hetero) is 1. The summed E-state index contributed by atoms with van der Waals surface area (Å²) in [6.45, 7) is 0. The number of carbonyl (C=O) groups is 2. The van der Waals surface area contributed by atoms with Crippen molar-refractivity contribution in [2.24, 2.45) is 0 Å². The van der Waals surface area contributed by atoms with E-state index in [1.165, 1.54) is 4.90 Å². The predicted molar refractivity (Wildman–Crippen MR) is 98.3 cm³/mol. The van der Waals surface area contributed by atoms with Crippen molar-refractivity contribution < 1.29 is 9.59 Å². The molecule has 0 spiro atoms. The number of para-hydroxylation sites is 1. The third-order valence-electron chi connectivity index (χ3n) is 4.43. The van der Waals surface area contributed by atoms with Crippen molar-refractivity contribution in [3.05, 3.63) is 86.6 Å². The first-order valence-corrected chi connectivity index (χ1v) is 8.07. The highest BCUT2D eigenvalue weighted by molar-refractivity contribution is 6.51. The van der Waals surface area contributed by atoms with Crippen LogP contribution in [0.15, 0.2) is 59.4 Å². The van der Waals surface area contributed by atoms with Crippen molar-refractivity contribution in [2.75, 3.05) is 11.9 Å². The summed E-state index contributed by atoms with van der Waals surface area (Å²) in [6, 6.07) is 16.2. The molecule has 4 rings (SSSR count). The topological polar surface area (TPSA) is 86.0 Å². The fourth-order valence-corrected chi connectivity index (χ4v) is 3.11. The van der Waals surface area contributed by atoms with E-state index in [2.05, 4.69) is 10.2 Å². The lowest BCUT2D eigenvalue weighted by atomic mass is 9.95. The minimum Gasteiger partial charge on any atom is -0.310 e. The number of amides is 1. The molecular formula is C20H15N3O3. The van der Waals surface area contributed by atoms with Gasteiger partial charge in [-0.15, -0.1) is 0 Å². The van der Waals surface area contributed by atoms with E-state index in [0.717, 1.165) is 5.56 Å². The van der Waals surface area contributed by atoms with Gasteiger partial charge in [-0.3, -0.25) is 24.6 Å². The number of carbonyl (C=O) groups excluding carboxylic acids is 2. The maximum absolute atomic E-state index is 13.0. The van der Waals surface area contributed by atoms with Crippen LogP contribution in [0.1, 0.15) is 15.9 Å². The molecule has 1 aliphatic rings. The summed E-state index contributed by atoms with van der Waals surface area (Å²) in [5.74, 6) is -0.853. The van der Waals surface area contributed by atoms with Gasteiger partial charge in [0.05, 0.1) is 16.3 Å². The highest BCUT2D eigenvalue weighted by Gasteiger charge is 2.33. The Balaban J connectivity index is 2.06. The van der Waals surface area contributed by atoms with E-state index in [1.807, 2.05) is 30.3 Å². The van der Waals surface area contributed by atoms with E-state index in [0.29, 0.717) is 11.3 Å². The number of anilines is 1. The molecule has 128 valence electrons. The Kier molecular flexibility index (Phi) is 3.65. The number of ketones is 1. The van der Waals surface area contributed by atoms with Crippen LogP contribution in [-0.4, -0.2) is 28.9 Å². The molecule has 6 nitrogen and oxygen atoms in total. The van der Waals surface area contributed by atoms with Crippen molar-refractivity contribution in [3.63, 3.8) is 0 Å². The van der Waals surface area contributed by atoms with Gasteiger partial charge in [0.15, 0.2) is 0 Å². The number of hydrogen-bond donors (Lipinski definition) is 2. The molecule has 6 heteroatoms. The van der Waals surface area contributed by atoms with E-state index in [9.17, 15) is 14.4 Å². The number of nitrogens with zero attached hydrogens (tertiary/aromatic N) is 1. The third kappa shape index (κ3) is 2.39. The highest BCUT2D eigenvalue weighted by Crippen LogP contribution is 2.28. The van der Waals surface area contributed by atoms with Gasteiger partial charge < -0.3 is 4.90 Å². The minimum atomic E-state index is -0.452. The predicted octanol–water partition coefficient (Wildman–Crippen LogP) is 0.542. The smallest absolute Gasteiger partial charge is 0.271 e. The van der Waals surface area contributed by atoms with Gasteiger partial charge in [-0.25, -0.2) is 0 Å². The van der Waals surface area contributed by atoms with Gasteiger partial charge in [0.25, 0.3) is 11.5 Å². The Morgan fingerprint density at radius 1 is 0.885 bits per heavy atom. The highest BCUT2D eigenvalue weighted by atomic mass is 16.2. The number of benzene rings is 2. The summed E-state index contributed by atoms with van der Waals surface area (Å²) in [4.78, 5) is 39.5. The van der Waals surface area contributed by atoms with Crippen molar-refractivity contribution in [2.45, 2.75) is 0 Å². The molecule has 0 radical (unpaired) electrons. The Labute approximate surface area is 148 Å². The van der Waals surface area contributed by atoms with Gasteiger partial charge in [0.2, 0.25) is 5.78 Å². The zero-order valence-electron chi connectivity index (χ0n) is 13.9. The minimum absolute atomic E-state index is 0.0493. The lowest BCUT2D eigenvalue weighted by Gasteiger charge is -2.25. The molecule has 0 atom stereocenters. The number of fused-ring (bicyclic) bond motifs is 1. The number of hydrogen-bond acceptors (Lipinski definition) is 3. The summed E-state index contributed by atoms with van der Waals surface area (Å²) in [5.41, 5.74) is 1.34. The van der Waals surface area contributed by atoms with Crippen LogP contribution >= 0.6 is 0 Å². The summed E-state index contributed by atoms with van der Waals surface area (Å²) >= 11 is 0. The first-order valence-electron chi connectivity index (χ1n) is 8.07. The maximum Gasteiger partial charge on any atom is 0.271 e. The molecule has 0 saturated carbocycles. The Morgan fingerprint density at radius 3 is 2.35 bits per heavy atom. The van der Waals surface area contributed by atoms with Crippen molar-refractivity contribution in [1.29, 1.82) is 0 Å². The molecule has 1 aromatic heterocycles. The van der Waals surface area contributed by atoms with Gasteiger partial charge in [-0.05, 0) is 23.8 Å². The Hall–Kier alpha value is -3.67. The lowest BCUT2D eigenvalue weighted by molar-refractivity contribution is -0.113. The number of aromatic amines is 2. The van der Waals surface area contributed by atoms with Crippen LogP contribution < -0.4 is 21.0 Å². The monoisotopic (exact) mass is 345 g/mol. The molecule has 0 fully saturated rings. The van der Waals surface area contributed by atoms with Gasteiger partial charge >= 0.3 is 0 Å². The van der Waals surface area contributed by atoms with E-state index < -0.39 is 17.2 Å². The fraction of sp³-hybridized carbons (Fsp3) is 0.0500. The fourth-order valence-electron chi connectivity index (χ4n) is 3.11. The van der Waals surface area contributed by atoms with Crippen LogP contribution in [0, 0.1) is 0 Å². The molecule has 3 aromatic rings. The molecule has 0 unspecified atom stereocenters. The quantitative estimate of drug-likeness (QED) is 0.675. The lowest BCUT2D eigenvalue weighted by Crippen LogP contribution is -2.44. The molecule has 2 N–H and O–H groups in total. The molecule has 26 heavy (non-hydrogen) atoms. The van der Waals surface area contributed by atoms with Crippen LogP contribution in [-0.2, 0) is 4.79 Å². The van der Waals surface area contributed by atoms with E-state index in [-0.39, 0.29) is 16.1 Å². The molecule has 0 aliphatic carbocycles. The second-order valence-electron chi connectivity index (χ2n) is 6.01. The van der Waals surface area contributed by atoms with E-state index in [1.54, 1.807) is 37.4 Å². The standard InChI is InChI=1S/C20H15N3O3/c1-23-15-10-6-5-9-13(15)18(24)16(20(23)26)17-14(19(25)22-21-17)11-12-7-3-2-4-8-12/h2-11,21H,1H3,(H,22,25)/b14-11-,17-16-. The number of rotatable bonds is 1. The Bertz CT molecular complexity index is 1200. The van der Waals surface area contributed by atoms with E-state index in [4.69, 9.17) is 0 Å². The zero-order chi connectivity index (χ0) is 18.3. The second-order valence-corrected chi connectivity index (χ2v) is 6.01. The van der Waals surface area contributed by atoms with Crippen LogP contribution in [0.25, 0.3) is 11.6 Å². The largest absolute Gasteiger partial charge is 0.310 e. The normalized spacial score (nSPS) is 16.8. The molecular weight excluding hydrogens is 330 g/mol. The molecule has 2 aromatic carbocycles. The number of H-pyrrole nitrogens is 2. The molecule has 1 aliphatic heterocycles. The van der Waals surface area contributed by atoms with Gasteiger partial charge in [-0.1, -0.05) is 42.5 Å². The van der Waals surface area contributed by atoms with Crippen LogP contribution in [0.2, 0.25) is 0 Å². The second kappa shape index (κ2) is 6.00. The first-order chi connectivity index (χ1) is 12.6.